The van der Waals surface area contributed by atoms with Gasteiger partial charge in [0.25, 0.3) is 5.91 Å². The lowest BCUT2D eigenvalue weighted by atomic mass is 9.82. The summed E-state index contributed by atoms with van der Waals surface area (Å²) in [5, 5.41) is 14.8. The number of amides is 2. The normalized spacial score (nSPS) is 21.3. The molecule has 2 amide bonds. The van der Waals surface area contributed by atoms with Crippen molar-refractivity contribution in [2.75, 3.05) is 23.0 Å². The molecular formula is C31H34N4O5. The zero-order valence-electron chi connectivity index (χ0n) is 22.7. The first-order valence-corrected chi connectivity index (χ1v) is 14.1. The number of anilines is 2. The molecule has 0 bridgehead atoms. The summed E-state index contributed by atoms with van der Waals surface area (Å²) in [5.74, 6) is -0.540. The molecule has 208 valence electrons. The minimum absolute atomic E-state index is 0.00161. The van der Waals surface area contributed by atoms with Gasteiger partial charge in [0.05, 0.1) is 12.2 Å². The molecule has 0 unspecified atom stereocenters. The fourth-order valence-corrected chi connectivity index (χ4v) is 6.18. The average Bonchev–Trinajstić information content (AvgIpc) is 3.56. The number of ether oxygens (including phenoxy) is 1. The van der Waals surface area contributed by atoms with Crippen molar-refractivity contribution in [2.24, 2.45) is 11.8 Å². The Kier molecular flexibility index (Phi) is 7.14. The van der Waals surface area contributed by atoms with Crippen LogP contribution in [0.4, 0.5) is 11.5 Å². The summed E-state index contributed by atoms with van der Waals surface area (Å²) in [4.78, 5) is 42.7. The third kappa shape index (κ3) is 4.90. The quantitative estimate of drug-likeness (QED) is 0.466. The van der Waals surface area contributed by atoms with Crippen LogP contribution in [-0.4, -0.2) is 51.9 Å². The average molecular weight is 543 g/mol. The molecule has 1 aromatic heterocycles. The second kappa shape index (κ2) is 10.9. The van der Waals surface area contributed by atoms with E-state index < -0.39 is 5.97 Å². The highest BCUT2D eigenvalue weighted by atomic mass is 16.5. The molecule has 1 saturated carbocycles. The van der Waals surface area contributed by atoms with Gasteiger partial charge in [-0.1, -0.05) is 25.1 Å². The topological polar surface area (TPSA) is 105 Å². The second-order valence-corrected chi connectivity index (χ2v) is 11.2. The van der Waals surface area contributed by atoms with Crippen LogP contribution < -0.4 is 9.80 Å². The third-order valence-electron chi connectivity index (χ3n) is 8.56. The summed E-state index contributed by atoms with van der Waals surface area (Å²) in [6.45, 7) is 3.77. The predicted molar refractivity (Wildman–Crippen MR) is 150 cm³/mol. The van der Waals surface area contributed by atoms with Gasteiger partial charge in [-0.15, -0.1) is 5.10 Å². The first kappa shape index (κ1) is 26.3. The van der Waals surface area contributed by atoms with Crippen molar-refractivity contribution < 1.29 is 24.2 Å². The number of carboxylic acid groups (broad SMARTS) is 1. The van der Waals surface area contributed by atoms with Gasteiger partial charge in [-0.2, -0.15) is 0 Å². The van der Waals surface area contributed by atoms with Crippen molar-refractivity contribution in [3.63, 3.8) is 0 Å². The van der Waals surface area contributed by atoms with Crippen LogP contribution in [0, 0.1) is 11.8 Å². The van der Waals surface area contributed by atoms with Crippen LogP contribution in [0.5, 0.6) is 0 Å². The number of rotatable bonds is 6. The number of hydrogen-bond acceptors (Lipinski definition) is 5. The van der Waals surface area contributed by atoms with Gasteiger partial charge in [0.15, 0.2) is 5.82 Å². The number of fused-ring (bicyclic) bond motifs is 1. The fourth-order valence-electron chi connectivity index (χ4n) is 6.18. The lowest BCUT2D eigenvalue weighted by Crippen LogP contribution is -2.47. The molecule has 3 heterocycles. The Bertz CT molecular complexity index is 1420. The fraction of sp³-hybridized carbons (Fsp3) is 0.419. The zero-order chi connectivity index (χ0) is 27.8. The molecule has 3 aliphatic rings. The van der Waals surface area contributed by atoms with Crippen molar-refractivity contribution in [2.45, 2.75) is 58.0 Å². The van der Waals surface area contributed by atoms with E-state index in [9.17, 15) is 19.5 Å². The number of carbonyl (C=O) groups is 3. The summed E-state index contributed by atoms with van der Waals surface area (Å²) >= 11 is 0. The van der Waals surface area contributed by atoms with E-state index in [0.717, 1.165) is 36.9 Å². The molecule has 2 aliphatic heterocycles. The minimum atomic E-state index is -1.12. The van der Waals surface area contributed by atoms with E-state index in [0.29, 0.717) is 49.8 Å². The number of carboxylic acids is 1. The maximum atomic E-state index is 13.9. The summed E-state index contributed by atoms with van der Waals surface area (Å²) in [5.41, 5.74) is 3.09. The minimum Gasteiger partial charge on any atom is -0.477 e. The smallest absolute Gasteiger partial charge is 0.341 e. The maximum Gasteiger partial charge on any atom is 0.341 e. The lowest BCUT2D eigenvalue weighted by molar-refractivity contribution is -0.124. The van der Waals surface area contributed by atoms with Gasteiger partial charge in [-0.3, -0.25) is 14.5 Å². The van der Waals surface area contributed by atoms with Gasteiger partial charge in [0, 0.05) is 42.6 Å². The summed E-state index contributed by atoms with van der Waals surface area (Å²) in [6.07, 6.45) is 6.37. The van der Waals surface area contributed by atoms with E-state index in [4.69, 9.17) is 9.84 Å². The van der Waals surface area contributed by atoms with Crippen LogP contribution in [0.1, 0.15) is 71.7 Å². The van der Waals surface area contributed by atoms with E-state index >= 15 is 0 Å². The molecule has 9 nitrogen and oxygen atoms in total. The first-order chi connectivity index (χ1) is 19.4. The van der Waals surface area contributed by atoms with Crippen LogP contribution in [-0.2, 0) is 16.1 Å². The van der Waals surface area contributed by atoms with Crippen molar-refractivity contribution in [1.82, 2.24) is 9.78 Å². The summed E-state index contributed by atoms with van der Waals surface area (Å²) in [7, 11) is 0. The highest BCUT2D eigenvalue weighted by Crippen LogP contribution is 2.35. The molecule has 1 N–H and O–H groups in total. The van der Waals surface area contributed by atoms with E-state index in [1.165, 1.54) is 10.9 Å². The number of aromatic nitrogens is 2. The Labute approximate surface area is 233 Å². The molecule has 9 heteroatoms. The molecule has 2 fully saturated rings. The third-order valence-corrected chi connectivity index (χ3v) is 8.56. The molecule has 1 aliphatic carbocycles. The van der Waals surface area contributed by atoms with Crippen LogP contribution in [0.25, 0.3) is 5.69 Å². The standard InChI is InChI=1S/C31H34N4O5/c1-20-6-8-21(9-7-20)29(36)35(25-14-16-40-17-15-25)28-27(31(38)39)19-34(32-28)24-12-10-23(11-13-24)33-18-22-4-2-3-5-26(22)30(33)37/h2-5,10-13,19-21,25H,6-9,14-18H2,1H3,(H,38,39)/t20-,21-. The molecule has 2 aromatic carbocycles. The Morgan fingerprint density at radius 2 is 1.62 bits per heavy atom. The second-order valence-electron chi connectivity index (χ2n) is 11.2. The Morgan fingerprint density at radius 3 is 2.30 bits per heavy atom. The molecule has 1 saturated heterocycles. The van der Waals surface area contributed by atoms with Crippen molar-refractivity contribution in [3.8, 4) is 5.69 Å². The Morgan fingerprint density at radius 1 is 0.950 bits per heavy atom. The highest BCUT2D eigenvalue weighted by Gasteiger charge is 2.37. The van der Waals surface area contributed by atoms with Crippen molar-refractivity contribution in [3.05, 3.63) is 71.4 Å². The van der Waals surface area contributed by atoms with Crippen LogP contribution in [0.2, 0.25) is 0 Å². The van der Waals surface area contributed by atoms with E-state index in [1.807, 2.05) is 48.5 Å². The molecular weight excluding hydrogens is 508 g/mol. The maximum absolute atomic E-state index is 13.9. The SMILES string of the molecule is C[C@H]1CC[C@H](C(=O)N(c2nn(-c3ccc(N4Cc5ccccc5C4=O)cc3)cc2C(=O)O)C2CCOCC2)CC1. The number of benzene rings is 2. The molecule has 0 radical (unpaired) electrons. The van der Waals surface area contributed by atoms with Gasteiger partial charge in [-0.25, -0.2) is 9.48 Å². The van der Waals surface area contributed by atoms with Gasteiger partial charge in [0.1, 0.15) is 5.56 Å². The lowest BCUT2D eigenvalue weighted by Gasteiger charge is -2.37. The Hall–Kier alpha value is -3.98. The van der Waals surface area contributed by atoms with Crippen molar-refractivity contribution in [1.29, 1.82) is 0 Å². The number of hydrogen-bond donors (Lipinski definition) is 1. The predicted octanol–water partition coefficient (Wildman–Crippen LogP) is 5.07. The van der Waals surface area contributed by atoms with Gasteiger partial charge in [-0.05, 0) is 80.3 Å². The highest BCUT2D eigenvalue weighted by molar-refractivity contribution is 6.10. The number of nitrogens with zero attached hydrogens (tertiary/aromatic N) is 4. The monoisotopic (exact) mass is 542 g/mol. The number of carbonyl (C=O) groups excluding carboxylic acids is 2. The van der Waals surface area contributed by atoms with Gasteiger partial charge >= 0.3 is 5.97 Å². The summed E-state index contributed by atoms with van der Waals surface area (Å²) < 4.78 is 7.07. The van der Waals surface area contributed by atoms with Crippen molar-refractivity contribution >= 4 is 29.3 Å². The summed E-state index contributed by atoms with van der Waals surface area (Å²) in [6, 6.07) is 14.7. The van der Waals surface area contributed by atoms with E-state index in [2.05, 4.69) is 6.92 Å². The van der Waals surface area contributed by atoms with Crippen LogP contribution in [0.15, 0.2) is 54.7 Å². The van der Waals surface area contributed by atoms with E-state index in [-0.39, 0.29) is 35.2 Å². The molecule has 3 aromatic rings. The van der Waals surface area contributed by atoms with Gasteiger partial charge in [0.2, 0.25) is 5.91 Å². The van der Waals surface area contributed by atoms with Crippen LogP contribution >= 0.6 is 0 Å². The largest absolute Gasteiger partial charge is 0.477 e. The molecule has 0 spiro atoms. The number of aromatic carboxylic acids is 1. The van der Waals surface area contributed by atoms with E-state index in [1.54, 1.807) is 9.80 Å². The first-order valence-electron chi connectivity index (χ1n) is 14.1. The zero-order valence-corrected chi connectivity index (χ0v) is 22.7. The molecule has 40 heavy (non-hydrogen) atoms. The molecule has 0 atom stereocenters. The Balaban J connectivity index is 1.31. The molecule has 6 rings (SSSR count). The van der Waals surface area contributed by atoms with Gasteiger partial charge < -0.3 is 14.7 Å². The van der Waals surface area contributed by atoms with Crippen LogP contribution in [0.3, 0.4) is 0 Å².